The Balaban J connectivity index is 1.71. The summed E-state index contributed by atoms with van der Waals surface area (Å²) in [6.07, 6.45) is 1.14. The number of fused-ring (bicyclic) bond motifs is 5. The number of ether oxygens (including phenoxy) is 1. The normalized spacial score (nSPS) is 24.3. The van der Waals surface area contributed by atoms with Crippen molar-refractivity contribution < 1.29 is 21.9 Å². The predicted octanol–water partition coefficient (Wildman–Crippen LogP) is 3.62. The summed E-state index contributed by atoms with van der Waals surface area (Å²) in [5, 5.41) is 0. The number of benzene rings is 1. The third-order valence-corrected chi connectivity index (χ3v) is 7.90. The van der Waals surface area contributed by atoms with E-state index in [1.807, 2.05) is 42.5 Å². The number of rotatable bonds is 3. The second-order valence-electron chi connectivity index (χ2n) is 8.68. The highest BCUT2D eigenvalue weighted by Gasteiger charge is 2.48. The summed E-state index contributed by atoms with van der Waals surface area (Å²) in [6.45, 7) is 2.38. The number of hydrogen-bond donors (Lipinski definition) is 1. The van der Waals surface area contributed by atoms with Crippen LogP contribution in [0.15, 0.2) is 42.5 Å². The zero-order valence-corrected chi connectivity index (χ0v) is 19.7. The maximum atomic E-state index is 15.3. The average Bonchev–Trinajstić information content (AvgIpc) is 3.18. The zero-order chi connectivity index (χ0) is 23.5. The van der Waals surface area contributed by atoms with E-state index in [0.717, 1.165) is 21.7 Å². The highest BCUT2D eigenvalue weighted by Crippen LogP contribution is 2.35. The van der Waals surface area contributed by atoms with Crippen molar-refractivity contribution in [1.82, 2.24) is 14.6 Å². The van der Waals surface area contributed by atoms with E-state index in [2.05, 4.69) is 4.72 Å². The molecule has 6 nitrogen and oxygen atoms in total. The van der Waals surface area contributed by atoms with Crippen LogP contribution in [0.3, 0.4) is 0 Å². The summed E-state index contributed by atoms with van der Waals surface area (Å²) >= 11 is 0. The number of halogens is 2. The molecule has 2 unspecified atom stereocenters. The van der Waals surface area contributed by atoms with Crippen LogP contribution >= 0.6 is 0 Å². The van der Waals surface area contributed by atoms with E-state index in [1.165, 1.54) is 0 Å². The Bertz CT molecular complexity index is 1060. The van der Waals surface area contributed by atoms with Crippen LogP contribution < -0.4 is 4.72 Å². The van der Waals surface area contributed by atoms with Crippen LogP contribution in [-0.2, 0) is 27.6 Å². The van der Waals surface area contributed by atoms with Crippen molar-refractivity contribution in [3.63, 3.8) is 0 Å². The van der Waals surface area contributed by atoms with Gasteiger partial charge in [0.05, 0.1) is 18.1 Å². The highest BCUT2D eigenvalue weighted by atomic mass is 32.2. The third-order valence-electron chi connectivity index (χ3n) is 6.48. The first-order chi connectivity index (χ1) is 15.8. The minimum absolute atomic E-state index is 0.0888. The van der Waals surface area contributed by atoms with Crippen molar-refractivity contribution in [3.05, 3.63) is 53.7 Å². The van der Waals surface area contributed by atoms with Crippen LogP contribution in [0.2, 0.25) is 0 Å². The molecule has 0 aliphatic carbocycles. The number of sulfonamides is 1. The monoisotopic (exact) mass is 479 g/mol. The van der Waals surface area contributed by atoms with Gasteiger partial charge in [0, 0.05) is 49.3 Å². The summed E-state index contributed by atoms with van der Waals surface area (Å²) < 4.78 is 63.3. The van der Waals surface area contributed by atoms with Gasteiger partial charge in [-0.1, -0.05) is 30.3 Å². The van der Waals surface area contributed by atoms with Gasteiger partial charge < -0.3 is 4.74 Å². The van der Waals surface area contributed by atoms with E-state index in [4.69, 9.17) is 9.72 Å². The van der Waals surface area contributed by atoms with Crippen LogP contribution in [0.25, 0.3) is 11.3 Å². The molecule has 2 aromatic rings. The van der Waals surface area contributed by atoms with Gasteiger partial charge in [-0.2, -0.15) is 8.78 Å². The molecule has 1 aromatic heterocycles. The summed E-state index contributed by atoms with van der Waals surface area (Å²) in [7, 11) is -3.53. The third kappa shape index (κ3) is 5.77. The van der Waals surface area contributed by atoms with Crippen LogP contribution in [0.1, 0.15) is 37.4 Å². The number of nitrogens with zero attached hydrogens (tertiary/aromatic N) is 2. The number of hydrogen-bond acceptors (Lipinski definition) is 5. The topological polar surface area (TPSA) is 71.5 Å². The molecule has 0 radical (unpaired) electrons. The van der Waals surface area contributed by atoms with E-state index in [-0.39, 0.29) is 38.2 Å². The maximum Gasteiger partial charge on any atom is 0.305 e. The Labute approximate surface area is 194 Å². The van der Waals surface area contributed by atoms with Crippen molar-refractivity contribution in [2.24, 2.45) is 0 Å². The van der Waals surface area contributed by atoms with Crippen molar-refractivity contribution in [2.75, 3.05) is 25.5 Å². The fourth-order valence-corrected chi connectivity index (χ4v) is 5.63. The molecule has 2 aliphatic rings. The molecular weight excluding hydrogens is 448 g/mol. The molecule has 1 saturated heterocycles. The zero-order valence-electron chi connectivity index (χ0n) is 18.8. The number of pyridine rings is 1. The minimum atomic E-state index is -3.53. The molecule has 0 spiro atoms. The van der Waals surface area contributed by atoms with Crippen molar-refractivity contribution in [1.29, 1.82) is 0 Å². The van der Waals surface area contributed by atoms with Crippen LogP contribution in [0, 0.1) is 0 Å². The quantitative estimate of drug-likeness (QED) is 0.681. The maximum absolute atomic E-state index is 15.3. The molecule has 1 N–H and O–H groups in total. The van der Waals surface area contributed by atoms with E-state index in [1.54, 1.807) is 6.92 Å². The molecule has 2 bridgehead atoms. The fraction of sp³-hybridized carbons (Fsp3) is 0.542. The van der Waals surface area contributed by atoms with Gasteiger partial charge in [-0.05, 0) is 43.9 Å². The van der Waals surface area contributed by atoms with Gasteiger partial charge >= 0.3 is 6.05 Å². The molecule has 2 aliphatic heterocycles. The Morgan fingerprint density at radius 1 is 1.18 bits per heavy atom. The Morgan fingerprint density at radius 3 is 2.82 bits per heavy atom. The van der Waals surface area contributed by atoms with Gasteiger partial charge in [0.15, 0.2) is 0 Å². The molecule has 1 aromatic carbocycles. The van der Waals surface area contributed by atoms with Crippen molar-refractivity contribution in [3.8, 4) is 11.3 Å². The first-order valence-electron chi connectivity index (χ1n) is 11.6. The first-order valence-corrected chi connectivity index (χ1v) is 13.2. The lowest BCUT2D eigenvalue weighted by molar-refractivity contribution is -0.161. The number of nitrogens with one attached hydrogen (secondary N) is 1. The van der Waals surface area contributed by atoms with Crippen molar-refractivity contribution in [2.45, 2.75) is 57.2 Å². The standard InChI is InChI=1S/C24H31F2N3O3S/c1-2-33(30,31)28-22-11-14-29-23(22)17-19-8-5-10-21(27-19)20-9-4-3-7-18(20)12-16-32-15-6-13-24(29,25)26/h3-5,7-10,22-23,28H,2,6,11-17H2,1H3. The summed E-state index contributed by atoms with van der Waals surface area (Å²) in [5.74, 6) is -0.0888. The Kier molecular flexibility index (Phi) is 7.43. The van der Waals surface area contributed by atoms with E-state index >= 15 is 8.78 Å². The predicted molar refractivity (Wildman–Crippen MR) is 124 cm³/mol. The lowest BCUT2D eigenvalue weighted by Crippen LogP contribution is -2.52. The van der Waals surface area contributed by atoms with Gasteiger partial charge in [0.1, 0.15) is 0 Å². The van der Waals surface area contributed by atoms with Crippen LogP contribution in [0.5, 0.6) is 0 Å². The van der Waals surface area contributed by atoms with Crippen LogP contribution in [0.4, 0.5) is 8.78 Å². The Morgan fingerprint density at radius 2 is 2.00 bits per heavy atom. The molecule has 2 atom stereocenters. The average molecular weight is 480 g/mol. The number of alkyl halides is 2. The molecule has 33 heavy (non-hydrogen) atoms. The highest BCUT2D eigenvalue weighted by molar-refractivity contribution is 7.89. The number of aromatic nitrogens is 1. The summed E-state index contributed by atoms with van der Waals surface area (Å²) in [4.78, 5) is 5.96. The molecule has 0 amide bonds. The second-order valence-corrected chi connectivity index (χ2v) is 10.7. The molecule has 0 saturated carbocycles. The smallest absolute Gasteiger partial charge is 0.305 e. The summed E-state index contributed by atoms with van der Waals surface area (Å²) in [6, 6.07) is 9.26. The molecule has 9 heteroatoms. The first kappa shape index (κ1) is 24.2. The lowest BCUT2D eigenvalue weighted by atomic mass is 10.00. The van der Waals surface area contributed by atoms with Crippen LogP contribution in [-0.4, -0.2) is 61.9 Å². The SMILES string of the molecule is CCS(=O)(=O)NC1CCN2C1Cc1cccc(n1)-c1ccccc1CCOCCCC2(F)F. The molecule has 180 valence electrons. The largest absolute Gasteiger partial charge is 0.381 e. The lowest BCUT2D eigenvalue weighted by Gasteiger charge is -2.34. The molecule has 3 heterocycles. The van der Waals surface area contributed by atoms with Gasteiger partial charge in [-0.25, -0.2) is 18.0 Å². The van der Waals surface area contributed by atoms with Gasteiger partial charge in [0.25, 0.3) is 0 Å². The second kappa shape index (κ2) is 10.1. The Hall–Kier alpha value is -1.94. The molecule has 1 fully saturated rings. The molecular formula is C24H31F2N3O3S. The van der Waals surface area contributed by atoms with Gasteiger partial charge in [-0.15, -0.1) is 0 Å². The van der Waals surface area contributed by atoms with Crippen molar-refractivity contribution >= 4 is 10.0 Å². The van der Waals surface area contributed by atoms with Gasteiger partial charge in [0.2, 0.25) is 10.0 Å². The van der Waals surface area contributed by atoms with E-state index in [9.17, 15) is 8.42 Å². The van der Waals surface area contributed by atoms with E-state index in [0.29, 0.717) is 25.1 Å². The minimum Gasteiger partial charge on any atom is -0.381 e. The fourth-order valence-electron chi connectivity index (χ4n) is 4.72. The molecule has 4 rings (SSSR count). The summed E-state index contributed by atoms with van der Waals surface area (Å²) in [5.41, 5.74) is 3.54. The van der Waals surface area contributed by atoms with E-state index < -0.39 is 28.2 Å². The van der Waals surface area contributed by atoms with Gasteiger partial charge in [-0.3, -0.25) is 4.98 Å².